The SMILES string of the molecule is C=Cc1cccc(C(=O)NCCOC)n1. The molecule has 1 rings (SSSR count). The second-order valence-electron chi connectivity index (χ2n) is 2.90. The third-order valence-corrected chi connectivity index (χ3v) is 1.80. The van der Waals surface area contributed by atoms with E-state index in [9.17, 15) is 4.79 Å². The van der Waals surface area contributed by atoms with Gasteiger partial charge >= 0.3 is 0 Å². The number of amides is 1. The molecule has 0 saturated heterocycles. The van der Waals surface area contributed by atoms with Crippen molar-refractivity contribution in [2.45, 2.75) is 0 Å². The lowest BCUT2D eigenvalue weighted by atomic mass is 10.3. The van der Waals surface area contributed by atoms with Gasteiger partial charge in [0, 0.05) is 13.7 Å². The molecule has 0 aliphatic heterocycles. The van der Waals surface area contributed by atoms with Gasteiger partial charge in [0.2, 0.25) is 0 Å². The molecule has 1 amide bonds. The van der Waals surface area contributed by atoms with Crippen molar-refractivity contribution < 1.29 is 9.53 Å². The van der Waals surface area contributed by atoms with E-state index in [2.05, 4.69) is 16.9 Å². The highest BCUT2D eigenvalue weighted by Gasteiger charge is 2.05. The number of hydrogen-bond acceptors (Lipinski definition) is 3. The van der Waals surface area contributed by atoms with Gasteiger partial charge < -0.3 is 10.1 Å². The maximum Gasteiger partial charge on any atom is 0.269 e. The van der Waals surface area contributed by atoms with E-state index in [1.165, 1.54) is 0 Å². The quantitative estimate of drug-likeness (QED) is 0.734. The fourth-order valence-corrected chi connectivity index (χ4v) is 1.05. The summed E-state index contributed by atoms with van der Waals surface area (Å²) in [7, 11) is 1.59. The molecule has 0 aliphatic rings. The van der Waals surface area contributed by atoms with E-state index in [0.29, 0.717) is 24.5 Å². The van der Waals surface area contributed by atoms with E-state index in [1.807, 2.05) is 0 Å². The van der Waals surface area contributed by atoms with Crippen LogP contribution in [0.5, 0.6) is 0 Å². The van der Waals surface area contributed by atoms with Gasteiger partial charge in [-0.05, 0) is 18.2 Å². The molecular weight excluding hydrogens is 192 g/mol. The van der Waals surface area contributed by atoms with Crippen molar-refractivity contribution >= 4 is 12.0 Å². The van der Waals surface area contributed by atoms with E-state index >= 15 is 0 Å². The Bertz CT molecular complexity index is 350. The average Bonchev–Trinajstić information content (AvgIpc) is 2.29. The second kappa shape index (κ2) is 5.93. The molecule has 1 heterocycles. The third kappa shape index (κ3) is 3.52. The number of carbonyl (C=O) groups excluding carboxylic acids is 1. The van der Waals surface area contributed by atoms with E-state index in [0.717, 1.165) is 0 Å². The maximum atomic E-state index is 11.5. The minimum atomic E-state index is -0.198. The molecule has 0 spiro atoms. The average molecular weight is 206 g/mol. The topological polar surface area (TPSA) is 51.2 Å². The second-order valence-corrected chi connectivity index (χ2v) is 2.90. The first-order valence-electron chi connectivity index (χ1n) is 4.64. The van der Waals surface area contributed by atoms with Crippen LogP contribution in [0.25, 0.3) is 6.08 Å². The molecule has 0 atom stereocenters. The fraction of sp³-hybridized carbons (Fsp3) is 0.273. The fourth-order valence-electron chi connectivity index (χ4n) is 1.05. The minimum absolute atomic E-state index is 0.198. The van der Waals surface area contributed by atoms with Crippen LogP contribution in [0.1, 0.15) is 16.2 Å². The van der Waals surface area contributed by atoms with Gasteiger partial charge in [0.25, 0.3) is 5.91 Å². The third-order valence-electron chi connectivity index (χ3n) is 1.80. The Labute approximate surface area is 89.0 Å². The lowest BCUT2D eigenvalue weighted by molar-refractivity contribution is 0.0932. The van der Waals surface area contributed by atoms with Crippen molar-refractivity contribution in [3.63, 3.8) is 0 Å². The van der Waals surface area contributed by atoms with E-state index in [4.69, 9.17) is 4.74 Å². The van der Waals surface area contributed by atoms with Crippen molar-refractivity contribution in [1.82, 2.24) is 10.3 Å². The molecule has 4 nitrogen and oxygen atoms in total. The van der Waals surface area contributed by atoms with Crippen LogP contribution in [-0.2, 0) is 4.74 Å². The van der Waals surface area contributed by atoms with E-state index in [-0.39, 0.29) is 5.91 Å². The van der Waals surface area contributed by atoms with Crippen molar-refractivity contribution in [1.29, 1.82) is 0 Å². The first-order valence-corrected chi connectivity index (χ1v) is 4.64. The van der Waals surface area contributed by atoms with Gasteiger partial charge in [-0.1, -0.05) is 12.6 Å². The summed E-state index contributed by atoms with van der Waals surface area (Å²) in [4.78, 5) is 15.6. The summed E-state index contributed by atoms with van der Waals surface area (Å²) in [5.74, 6) is -0.198. The van der Waals surface area contributed by atoms with Crippen molar-refractivity contribution in [3.8, 4) is 0 Å². The summed E-state index contributed by atoms with van der Waals surface area (Å²) in [5.41, 5.74) is 1.08. The molecular formula is C11H14N2O2. The number of nitrogens with one attached hydrogen (secondary N) is 1. The Morgan fingerprint density at radius 1 is 1.67 bits per heavy atom. The van der Waals surface area contributed by atoms with Crippen LogP contribution in [0.15, 0.2) is 24.8 Å². The molecule has 80 valence electrons. The zero-order valence-corrected chi connectivity index (χ0v) is 8.69. The molecule has 4 heteroatoms. The molecule has 15 heavy (non-hydrogen) atoms. The zero-order valence-electron chi connectivity index (χ0n) is 8.69. The van der Waals surface area contributed by atoms with E-state index in [1.54, 1.807) is 31.4 Å². The Balaban J connectivity index is 2.61. The van der Waals surface area contributed by atoms with E-state index < -0.39 is 0 Å². The van der Waals surface area contributed by atoms with Crippen LogP contribution in [0.4, 0.5) is 0 Å². The number of ether oxygens (including phenoxy) is 1. The first kappa shape index (κ1) is 11.4. The first-order chi connectivity index (χ1) is 7.27. The highest BCUT2D eigenvalue weighted by Crippen LogP contribution is 2.00. The summed E-state index contributed by atoms with van der Waals surface area (Å²) in [5, 5.41) is 2.69. The van der Waals surface area contributed by atoms with Gasteiger partial charge in [-0.3, -0.25) is 4.79 Å². The number of methoxy groups -OCH3 is 1. The highest BCUT2D eigenvalue weighted by molar-refractivity contribution is 5.92. The van der Waals surface area contributed by atoms with Crippen LogP contribution in [0, 0.1) is 0 Å². The van der Waals surface area contributed by atoms with Crippen molar-refractivity contribution in [2.24, 2.45) is 0 Å². The number of carbonyl (C=O) groups is 1. The number of aromatic nitrogens is 1. The number of hydrogen-bond donors (Lipinski definition) is 1. The van der Waals surface area contributed by atoms with Crippen LogP contribution in [-0.4, -0.2) is 31.2 Å². The summed E-state index contributed by atoms with van der Waals surface area (Å²) < 4.78 is 4.82. The molecule has 0 saturated carbocycles. The van der Waals surface area contributed by atoms with Crippen molar-refractivity contribution in [3.05, 3.63) is 36.2 Å². The number of rotatable bonds is 5. The summed E-state index contributed by atoms with van der Waals surface area (Å²) in [6.07, 6.45) is 1.60. The molecule has 1 aromatic rings. The van der Waals surface area contributed by atoms with Gasteiger partial charge in [-0.25, -0.2) is 4.98 Å². The standard InChI is InChI=1S/C11H14N2O2/c1-3-9-5-4-6-10(13-9)11(14)12-7-8-15-2/h3-6H,1,7-8H2,2H3,(H,12,14). The lowest BCUT2D eigenvalue weighted by Gasteiger charge is -2.04. The molecule has 0 unspecified atom stereocenters. The van der Waals surface area contributed by atoms with Gasteiger partial charge in [-0.2, -0.15) is 0 Å². The molecule has 0 aliphatic carbocycles. The highest BCUT2D eigenvalue weighted by atomic mass is 16.5. The largest absolute Gasteiger partial charge is 0.383 e. The van der Waals surface area contributed by atoms with Gasteiger partial charge in [0.15, 0.2) is 0 Å². The lowest BCUT2D eigenvalue weighted by Crippen LogP contribution is -2.27. The Kier molecular flexibility index (Phi) is 4.50. The Hall–Kier alpha value is -1.68. The van der Waals surface area contributed by atoms with Crippen LogP contribution < -0.4 is 5.32 Å². The minimum Gasteiger partial charge on any atom is -0.383 e. The predicted octanol–water partition coefficient (Wildman–Crippen LogP) is 1.10. The monoisotopic (exact) mass is 206 g/mol. The molecule has 0 aromatic carbocycles. The van der Waals surface area contributed by atoms with Crippen LogP contribution in [0.3, 0.4) is 0 Å². The number of pyridine rings is 1. The Morgan fingerprint density at radius 3 is 3.13 bits per heavy atom. The van der Waals surface area contributed by atoms with Gasteiger partial charge in [-0.15, -0.1) is 0 Å². The van der Waals surface area contributed by atoms with Gasteiger partial charge in [0.05, 0.1) is 12.3 Å². The molecule has 1 N–H and O–H groups in total. The molecule has 1 aromatic heterocycles. The summed E-state index contributed by atoms with van der Waals surface area (Å²) in [6.45, 7) is 4.57. The Morgan fingerprint density at radius 2 is 2.47 bits per heavy atom. The normalized spacial score (nSPS) is 9.67. The van der Waals surface area contributed by atoms with Crippen LogP contribution in [0.2, 0.25) is 0 Å². The molecule has 0 fully saturated rings. The predicted molar refractivity (Wildman–Crippen MR) is 58.5 cm³/mol. The molecule has 0 radical (unpaired) electrons. The van der Waals surface area contributed by atoms with Crippen molar-refractivity contribution in [2.75, 3.05) is 20.3 Å². The molecule has 0 bridgehead atoms. The maximum absolute atomic E-state index is 11.5. The van der Waals surface area contributed by atoms with Crippen LogP contribution >= 0.6 is 0 Å². The summed E-state index contributed by atoms with van der Waals surface area (Å²) >= 11 is 0. The summed E-state index contributed by atoms with van der Waals surface area (Å²) in [6, 6.07) is 5.23. The zero-order chi connectivity index (χ0) is 11.1. The number of nitrogens with zero attached hydrogens (tertiary/aromatic N) is 1. The smallest absolute Gasteiger partial charge is 0.269 e. The van der Waals surface area contributed by atoms with Gasteiger partial charge in [0.1, 0.15) is 5.69 Å².